The van der Waals surface area contributed by atoms with E-state index in [0.717, 1.165) is 5.56 Å². The Hall–Kier alpha value is -1.84. The largest absolute Gasteiger partial charge is 0.326 e. The van der Waals surface area contributed by atoms with Crippen LogP contribution in [0.15, 0.2) is 30.3 Å². The van der Waals surface area contributed by atoms with E-state index in [1.165, 1.54) is 4.90 Å². The predicted molar refractivity (Wildman–Crippen MR) is 59.7 cm³/mol. The summed E-state index contributed by atoms with van der Waals surface area (Å²) < 4.78 is 0. The molecule has 84 valence electrons. The van der Waals surface area contributed by atoms with Crippen molar-refractivity contribution in [3.05, 3.63) is 35.9 Å². The van der Waals surface area contributed by atoms with Crippen molar-refractivity contribution < 1.29 is 9.59 Å². The average Bonchev–Trinajstić information content (AvgIpc) is 2.54. The van der Waals surface area contributed by atoms with Gasteiger partial charge < -0.3 is 5.32 Å². The number of carbonyl (C=O) groups is 2. The first-order valence-corrected chi connectivity index (χ1v) is 5.30. The van der Waals surface area contributed by atoms with Gasteiger partial charge in [-0.15, -0.1) is 0 Å². The number of hydrogen-bond acceptors (Lipinski definition) is 2. The third kappa shape index (κ3) is 1.66. The molecule has 2 atom stereocenters. The summed E-state index contributed by atoms with van der Waals surface area (Å²) in [5.74, 6) is -0.165. The minimum atomic E-state index is -0.418. The van der Waals surface area contributed by atoms with Crippen LogP contribution in [0.3, 0.4) is 0 Å². The summed E-state index contributed by atoms with van der Waals surface area (Å²) in [5.41, 5.74) is 0.958. The molecule has 1 N–H and O–H groups in total. The van der Waals surface area contributed by atoms with Crippen molar-refractivity contribution in [2.45, 2.75) is 25.9 Å². The maximum atomic E-state index is 11.8. The van der Waals surface area contributed by atoms with Crippen molar-refractivity contribution >= 4 is 11.9 Å². The number of nitrogens with zero attached hydrogens (tertiary/aromatic N) is 1. The van der Waals surface area contributed by atoms with Gasteiger partial charge in [-0.05, 0) is 19.4 Å². The molecule has 0 saturated carbocycles. The van der Waals surface area contributed by atoms with Gasteiger partial charge in [0.2, 0.25) is 0 Å². The summed E-state index contributed by atoms with van der Waals surface area (Å²) in [4.78, 5) is 24.7. The van der Waals surface area contributed by atoms with Gasteiger partial charge in [0.05, 0.1) is 6.04 Å². The monoisotopic (exact) mass is 218 g/mol. The number of nitrogens with one attached hydrogen (secondary N) is 1. The molecule has 0 spiro atoms. The maximum absolute atomic E-state index is 11.8. The molecule has 2 unspecified atom stereocenters. The number of urea groups is 1. The molecule has 4 heteroatoms. The van der Waals surface area contributed by atoms with E-state index in [9.17, 15) is 9.59 Å². The van der Waals surface area contributed by atoms with Crippen molar-refractivity contribution in [2.24, 2.45) is 0 Å². The Kier molecular flexibility index (Phi) is 2.64. The van der Waals surface area contributed by atoms with Crippen LogP contribution >= 0.6 is 0 Å². The summed E-state index contributed by atoms with van der Waals surface area (Å²) in [5, 5.41) is 2.60. The van der Waals surface area contributed by atoms with Gasteiger partial charge in [0.25, 0.3) is 5.91 Å². The van der Waals surface area contributed by atoms with Crippen LogP contribution in [-0.4, -0.2) is 22.9 Å². The molecular formula is C12H14N2O2. The highest BCUT2D eigenvalue weighted by molar-refractivity contribution is 6.04. The lowest BCUT2D eigenvalue weighted by molar-refractivity contribution is -0.128. The van der Waals surface area contributed by atoms with Crippen LogP contribution in [-0.2, 0) is 4.79 Å². The van der Waals surface area contributed by atoms with Gasteiger partial charge >= 0.3 is 6.03 Å². The molecule has 1 saturated heterocycles. The molecule has 0 bridgehead atoms. The lowest BCUT2D eigenvalue weighted by atomic mass is 10.1. The number of rotatable bonds is 2. The van der Waals surface area contributed by atoms with Gasteiger partial charge in [0, 0.05) is 0 Å². The van der Waals surface area contributed by atoms with E-state index in [1.54, 1.807) is 6.92 Å². The van der Waals surface area contributed by atoms with E-state index in [2.05, 4.69) is 5.32 Å². The number of hydrogen-bond donors (Lipinski definition) is 1. The Balaban J connectivity index is 2.26. The summed E-state index contributed by atoms with van der Waals surface area (Å²) in [6, 6.07) is 8.57. The number of carbonyl (C=O) groups excluding carboxylic acids is 2. The third-order valence-corrected chi connectivity index (χ3v) is 2.84. The summed E-state index contributed by atoms with van der Waals surface area (Å²) in [7, 11) is 0. The van der Waals surface area contributed by atoms with Crippen molar-refractivity contribution in [3.8, 4) is 0 Å². The van der Waals surface area contributed by atoms with E-state index in [-0.39, 0.29) is 18.0 Å². The van der Waals surface area contributed by atoms with Crippen LogP contribution < -0.4 is 5.32 Å². The zero-order valence-electron chi connectivity index (χ0n) is 9.31. The molecule has 3 amide bonds. The lowest BCUT2D eigenvalue weighted by Crippen LogP contribution is -2.33. The van der Waals surface area contributed by atoms with Crippen LogP contribution in [0.5, 0.6) is 0 Å². The Morgan fingerprint density at radius 2 is 1.88 bits per heavy atom. The minimum Gasteiger partial charge on any atom is -0.326 e. The first-order chi connectivity index (χ1) is 7.61. The summed E-state index contributed by atoms with van der Waals surface area (Å²) in [6.07, 6.45) is 0. The highest BCUT2D eigenvalue weighted by Gasteiger charge is 2.38. The molecule has 1 heterocycles. The van der Waals surface area contributed by atoms with E-state index >= 15 is 0 Å². The molecular weight excluding hydrogens is 204 g/mol. The molecule has 2 rings (SSSR count). The molecule has 1 aliphatic heterocycles. The Labute approximate surface area is 94.2 Å². The first kappa shape index (κ1) is 10.7. The summed E-state index contributed by atoms with van der Waals surface area (Å²) >= 11 is 0. The molecule has 1 aromatic carbocycles. The van der Waals surface area contributed by atoms with Crippen LogP contribution in [0, 0.1) is 0 Å². The van der Waals surface area contributed by atoms with Gasteiger partial charge in [-0.3, -0.25) is 9.69 Å². The Bertz CT molecular complexity index is 416. The molecule has 0 aliphatic carbocycles. The molecule has 1 aromatic rings. The molecule has 1 fully saturated rings. The standard InChI is InChI=1S/C12H14N2O2/c1-8-11(15)14(12(16)13-8)9(2)10-6-4-3-5-7-10/h3-9H,1-2H3,(H,13,16). The fourth-order valence-electron chi connectivity index (χ4n) is 1.87. The summed E-state index contributed by atoms with van der Waals surface area (Å²) in [6.45, 7) is 3.54. The van der Waals surface area contributed by atoms with Crippen molar-refractivity contribution in [2.75, 3.05) is 0 Å². The van der Waals surface area contributed by atoms with Gasteiger partial charge in [-0.2, -0.15) is 0 Å². The second kappa shape index (κ2) is 3.96. The van der Waals surface area contributed by atoms with Crippen LogP contribution in [0.2, 0.25) is 0 Å². The number of imide groups is 1. The highest BCUT2D eigenvalue weighted by Crippen LogP contribution is 2.23. The minimum absolute atomic E-state index is 0.165. The molecule has 1 aliphatic rings. The maximum Gasteiger partial charge on any atom is 0.325 e. The SMILES string of the molecule is CC1NC(=O)N(C(C)c2ccccc2)C1=O. The van der Waals surface area contributed by atoms with Crippen molar-refractivity contribution in [1.29, 1.82) is 0 Å². The molecule has 4 nitrogen and oxygen atoms in total. The van der Waals surface area contributed by atoms with Gasteiger partial charge in [-0.1, -0.05) is 30.3 Å². The topological polar surface area (TPSA) is 49.4 Å². The Morgan fingerprint density at radius 3 is 2.38 bits per heavy atom. The van der Waals surface area contributed by atoms with E-state index < -0.39 is 6.04 Å². The van der Waals surface area contributed by atoms with Gasteiger partial charge in [0.15, 0.2) is 0 Å². The molecule has 0 aromatic heterocycles. The van der Waals surface area contributed by atoms with Crippen molar-refractivity contribution in [1.82, 2.24) is 10.2 Å². The Morgan fingerprint density at radius 1 is 1.25 bits per heavy atom. The second-order valence-corrected chi connectivity index (χ2v) is 3.97. The smallest absolute Gasteiger partial charge is 0.325 e. The zero-order chi connectivity index (χ0) is 11.7. The fraction of sp³-hybridized carbons (Fsp3) is 0.333. The predicted octanol–water partition coefficient (Wildman–Crippen LogP) is 1.69. The quantitative estimate of drug-likeness (QED) is 0.768. The number of amides is 3. The first-order valence-electron chi connectivity index (χ1n) is 5.30. The molecule has 16 heavy (non-hydrogen) atoms. The average molecular weight is 218 g/mol. The van der Waals surface area contributed by atoms with E-state index in [1.807, 2.05) is 37.3 Å². The molecule has 0 radical (unpaired) electrons. The lowest BCUT2D eigenvalue weighted by Gasteiger charge is -2.21. The highest BCUT2D eigenvalue weighted by atomic mass is 16.2. The number of benzene rings is 1. The van der Waals surface area contributed by atoms with Gasteiger partial charge in [0.1, 0.15) is 6.04 Å². The third-order valence-electron chi connectivity index (χ3n) is 2.84. The van der Waals surface area contributed by atoms with Crippen molar-refractivity contribution in [3.63, 3.8) is 0 Å². The zero-order valence-corrected chi connectivity index (χ0v) is 9.31. The van der Waals surface area contributed by atoms with E-state index in [0.29, 0.717) is 0 Å². The van der Waals surface area contributed by atoms with Crippen LogP contribution in [0.25, 0.3) is 0 Å². The fourth-order valence-corrected chi connectivity index (χ4v) is 1.87. The van der Waals surface area contributed by atoms with Gasteiger partial charge in [-0.25, -0.2) is 4.79 Å². The van der Waals surface area contributed by atoms with Crippen LogP contribution in [0.1, 0.15) is 25.5 Å². The van der Waals surface area contributed by atoms with E-state index in [4.69, 9.17) is 0 Å². The normalized spacial score (nSPS) is 22.1. The second-order valence-electron chi connectivity index (χ2n) is 3.97. The van der Waals surface area contributed by atoms with Crippen LogP contribution in [0.4, 0.5) is 4.79 Å².